The predicted octanol–water partition coefficient (Wildman–Crippen LogP) is 2.60. The van der Waals surface area contributed by atoms with Crippen molar-refractivity contribution in [3.63, 3.8) is 0 Å². The third-order valence-electron chi connectivity index (χ3n) is 2.86. The van der Waals surface area contributed by atoms with Gasteiger partial charge in [0.05, 0.1) is 0 Å². The van der Waals surface area contributed by atoms with Gasteiger partial charge in [0.2, 0.25) is 0 Å². The highest BCUT2D eigenvalue weighted by molar-refractivity contribution is 7.17. The molecule has 0 saturated heterocycles. The van der Waals surface area contributed by atoms with E-state index in [1.165, 1.54) is 16.9 Å². The first-order valence-electron chi connectivity index (χ1n) is 4.91. The number of fused-ring (bicyclic) bond motifs is 3. The molecule has 0 fully saturated rings. The maximum atomic E-state index is 11.2. The first-order valence-corrected chi connectivity index (χ1v) is 5.73. The maximum Gasteiger partial charge on any atom is 0.339 e. The van der Waals surface area contributed by atoms with E-state index in [9.17, 15) is 9.90 Å². The minimum atomic E-state index is -0.938. The summed E-state index contributed by atoms with van der Waals surface area (Å²) in [6, 6.07) is 7.89. The van der Waals surface area contributed by atoms with Gasteiger partial charge in [0, 0.05) is 16.9 Å². The zero-order chi connectivity index (χ0) is 11.3. The lowest BCUT2D eigenvalue weighted by atomic mass is 10.0. The zero-order valence-corrected chi connectivity index (χ0v) is 9.17. The Labute approximate surface area is 96.1 Å². The largest absolute Gasteiger partial charge is 0.478 e. The molecule has 1 aliphatic carbocycles. The molecule has 4 heteroatoms. The second-order valence-corrected chi connectivity index (χ2v) is 4.92. The Balaban J connectivity index is 2.33. The molecule has 1 heterocycles. The van der Waals surface area contributed by atoms with Crippen LogP contribution < -0.4 is 5.73 Å². The van der Waals surface area contributed by atoms with E-state index in [1.54, 1.807) is 0 Å². The summed E-state index contributed by atoms with van der Waals surface area (Å²) in [5.41, 5.74) is 9.04. The summed E-state index contributed by atoms with van der Waals surface area (Å²) in [6.07, 6.45) is 0.799. The van der Waals surface area contributed by atoms with Gasteiger partial charge in [0.25, 0.3) is 0 Å². The zero-order valence-electron chi connectivity index (χ0n) is 8.36. The average Bonchev–Trinajstić information content (AvgIpc) is 2.71. The van der Waals surface area contributed by atoms with Gasteiger partial charge < -0.3 is 10.8 Å². The SMILES string of the molecule is Nc1sc2c(c1C(=O)O)-c1ccccc1C2. The highest BCUT2D eigenvalue weighted by atomic mass is 32.1. The standard InChI is InChI=1S/C12H9NO2S/c13-11-10(12(14)15)9-7-4-2-1-3-6(7)5-8(9)16-11/h1-4H,5,13H2,(H,14,15). The van der Waals surface area contributed by atoms with Gasteiger partial charge in [-0.25, -0.2) is 4.79 Å². The molecular formula is C12H9NO2S. The van der Waals surface area contributed by atoms with Crippen LogP contribution in [0.4, 0.5) is 5.00 Å². The number of benzene rings is 1. The number of hydrogen-bond acceptors (Lipinski definition) is 3. The number of thiophene rings is 1. The number of hydrogen-bond donors (Lipinski definition) is 2. The molecule has 0 spiro atoms. The summed E-state index contributed by atoms with van der Waals surface area (Å²) in [7, 11) is 0. The van der Waals surface area contributed by atoms with Crippen molar-refractivity contribution >= 4 is 22.3 Å². The van der Waals surface area contributed by atoms with E-state index < -0.39 is 5.97 Å². The van der Waals surface area contributed by atoms with Crippen LogP contribution in [-0.4, -0.2) is 11.1 Å². The number of anilines is 1. The number of aromatic carboxylic acids is 1. The molecule has 1 aromatic heterocycles. The molecular weight excluding hydrogens is 222 g/mol. The average molecular weight is 231 g/mol. The van der Waals surface area contributed by atoms with Crippen molar-refractivity contribution < 1.29 is 9.90 Å². The van der Waals surface area contributed by atoms with Crippen molar-refractivity contribution in [1.82, 2.24) is 0 Å². The summed E-state index contributed by atoms with van der Waals surface area (Å²) in [4.78, 5) is 12.2. The molecule has 80 valence electrons. The lowest BCUT2D eigenvalue weighted by Crippen LogP contribution is -2.00. The van der Waals surface area contributed by atoms with Crippen molar-refractivity contribution in [2.75, 3.05) is 5.73 Å². The number of carboxylic acid groups (broad SMARTS) is 1. The van der Waals surface area contributed by atoms with Crippen LogP contribution in [0.3, 0.4) is 0 Å². The summed E-state index contributed by atoms with van der Waals surface area (Å²) in [6.45, 7) is 0. The van der Waals surface area contributed by atoms with Crippen LogP contribution in [0.25, 0.3) is 11.1 Å². The molecule has 0 amide bonds. The Morgan fingerprint density at radius 2 is 2.12 bits per heavy atom. The number of carbonyl (C=O) groups is 1. The van der Waals surface area contributed by atoms with Crippen LogP contribution in [0, 0.1) is 0 Å². The Bertz CT molecular complexity index is 601. The van der Waals surface area contributed by atoms with E-state index in [0.717, 1.165) is 22.4 Å². The lowest BCUT2D eigenvalue weighted by molar-refractivity contribution is 0.0699. The second kappa shape index (κ2) is 3.09. The normalized spacial score (nSPS) is 12.2. The molecule has 0 bridgehead atoms. The molecule has 3 rings (SSSR count). The molecule has 16 heavy (non-hydrogen) atoms. The maximum absolute atomic E-state index is 11.2. The minimum absolute atomic E-state index is 0.268. The van der Waals surface area contributed by atoms with Crippen LogP contribution in [0.15, 0.2) is 24.3 Å². The van der Waals surface area contributed by atoms with Crippen LogP contribution in [0.2, 0.25) is 0 Å². The fraction of sp³-hybridized carbons (Fsp3) is 0.0833. The van der Waals surface area contributed by atoms with Gasteiger partial charge in [0.15, 0.2) is 0 Å². The van der Waals surface area contributed by atoms with Crippen molar-refractivity contribution in [3.05, 3.63) is 40.3 Å². The Morgan fingerprint density at radius 1 is 1.38 bits per heavy atom. The van der Waals surface area contributed by atoms with Crippen molar-refractivity contribution in [1.29, 1.82) is 0 Å². The molecule has 0 aliphatic heterocycles. The number of carboxylic acids is 1. The first-order chi connectivity index (χ1) is 7.68. The Hall–Kier alpha value is -1.81. The van der Waals surface area contributed by atoms with Gasteiger partial charge >= 0.3 is 5.97 Å². The fourth-order valence-electron chi connectivity index (χ4n) is 2.21. The molecule has 3 nitrogen and oxygen atoms in total. The van der Waals surface area contributed by atoms with Crippen molar-refractivity contribution in [3.8, 4) is 11.1 Å². The quantitative estimate of drug-likeness (QED) is 0.676. The molecule has 0 unspecified atom stereocenters. The van der Waals surface area contributed by atoms with Crippen molar-refractivity contribution in [2.45, 2.75) is 6.42 Å². The Kier molecular flexibility index (Phi) is 1.82. The molecule has 0 atom stereocenters. The molecule has 2 aromatic rings. The summed E-state index contributed by atoms with van der Waals surface area (Å²) < 4.78 is 0. The van der Waals surface area contributed by atoms with E-state index >= 15 is 0 Å². The molecule has 3 N–H and O–H groups in total. The molecule has 0 radical (unpaired) electrons. The lowest BCUT2D eigenvalue weighted by Gasteiger charge is -2.01. The monoisotopic (exact) mass is 231 g/mol. The third-order valence-corrected chi connectivity index (χ3v) is 3.88. The number of nitrogen functional groups attached to an aromatic ring is 1. The molecule has 1 aliphatic rings. The fourth-order valence-corrected chi connectivity index (χ4v) is 3.31. The highest BCUT2D eigenvalue weighted by Crippen LogP contribution is 2.46. The van der Waals surface area contributed by atoms with Gasteiger partial charge in [-0.05, 0) is 11.1 Å². The summed E-state index contributed by atoms with van der Waals surface area (Å²) in [5, 5.41) is 9.58. The van der Waals surface area contributed by atoms with Crippen LogP contribution in [0.5, 0.6) is 0 Å². The first kappa shape index (κ1) is 9.42. The van der Waals surface area contributed by atoms with Gasteiger partial charge in [-0.3, -0.25) is 0 Å². The molecule has 0 saturated carbocycles. The van der Waals surface area contributed by atoms with Gasteiger partial charge in [-0.15, -0.1) is 11.3 Å². The second-order valence-electron chi connectivity index (χ2n) is 3.78. The van der Waals surface area contributed by atoms with Crippen LogP contribution >= 0.6 is 11.3 Å². The highest BCUT2D eigenvalue weighted by Gasteiger charge is 2.28. The summed E-state index contributed by atoms with van der Waals surface area (Å²) in [5.74, 6) is -0.938. The van der Waals surface area contributed by atoms with Gasteiger partial charge in [-0.1, -0.05) is 24.3 Å². The van der Waals surface area contributed by atoms with Crippen LogP contribution in [-0.2, 0) is 6.42 Å². The van der Waals surface area contributed by atoms with E-state index in [0.29, 0.717) is 5.00 Å². The number of rotatable bonds is 1. The number of nitrogens with two attached hydrogens (primary N) is 1. The Morgan fingerprint density at radius 3 is 2.88 bits per heavy atom. The van der Waals surface area contributed by atoms with Crippen molar-refractivity contribution in [2.24, 2.45) is 0 Å². The topological polar surface area (TPSA) is 63.3 Å². The molecule has 1 aromatic carbocycles. The smallest absolute Gasteiger partial charge is 0.339 e. The summed E-state index contributed by atoms with van der Waals surface area (Å²) >= 11 is 1.39. The third kappa shape index (κ3) is 1.10. The van der Waals surface area contributed by atoms with Gasteiger partial charge in [0.1, 0.15) is 10.6 Å². The van der Waals surface area contributed by atoms with E-state index in [1.807, 2.05) is 24.3 Å². The minimum Gasteiger partial charge on any atom is -0.478 e. The van der Waals surface area contributed by atoms with E-state index in [4.69, 9.17) is 5.73 Å². The van der Waals surface area contributed by atoms with E-state index in [2.05, 4.69) is 0 Å². The van der Waals surface area contributed by atoms with Gasteiger partial charge in [-0.2, -0.15) is 0 Å². The van der Waals surface area contributed by atoms with Crippen LogP contribution in [0.1, 0.15) is 20.8 Å². The predicted molar refractivity (Wildman–Crippen MR) is 63.9 cm³/mol. The van der Waals surface area contributed by atoms with E-state index in [-0.39, 0.29) is 5.56 Å².